The van der Waals surface area contributed by atoms with E-state index in [9.17, 15) is 13.2 Å². The topological polar surface area (TPSA) is 51.8 Å². The first-order valence-electron chi connectivity index (χ1n) is 3.87. The summed E-state index contributed by atoms with van der Waals surface area (Å²) >= 11 is 3.06. The molecule has 3 nitrogen and oxygen atoms in total. The molecule has 0 bridgehead atoms. The molecule has 0 aliphatic carbocycles. The molecule has 1 aromatic heterocycles. The number of anilines is 1. The highest BCUT2D eigenvalue weighted by Gasteiger charge is 2.35. The molecule has 0 fully saturated rings. The van der Waals surface area contributed by atoms with Crippen LogP contribution in [0.4, 0.5) is 19.1 Å². The van der Waals surface area contributed by atoms with Crippen LogP contribution in [0.3, 0.4) is 0 Å². The maximum Gasteiger partial charge on any atom is 0.434 e. The van der Waals surface area contributed by atoms with Gasteiger partial charge in [-0.2, -0.15) is 13.2 Å². The number of rotatable bonds is 2. The fourth-order valence-electron chi connectivity index (χ4n) is 0.925. The first-order valence-corrected chi connectivity index (χ1v) is 4.99. The minimum atomic E-state index is -4.52. The van der Waals surface area contributed by atoms with Crippen molar-refractivity contribution in [3.05, 3.63) is 23.5 Å². The van der Waals surface area contributed by atoms with E-state index in [2.05, 4.69) is 25.9 Å². The summed E-state index contributed by atoms with van der Waals surface area (Å²) in [6, 6.07) is 0. The first-order chi connectivity index (χ1) is 6.95. The average Bonchev–Trinajstić information content (AvgIpc) is 2.14. The Morgan fingerprint density at radius 1 is 1.47 bits per heavy atom. The third-order valence-corrected chi connectivity index (χ3v) is 1.86. The summed E-state index contributed by atoms with van der Waals surface area (Å²) in [6.07, 6.45) is -0.672. The highest BCUT2D eigenvalue weighted by molar-refractivity contribution is 9.09. The average molecular weight is 282 g/mol. The predicted octanol–water partition coefficient (Wildman–Crippen LogP) is 2.49. The van der Waals surface area contributed by atoms with Gasteiger partial charge >= 0.3 is 6.18 Å². The number of nitrogens with two attached hydrogens (primary N) is 1. The van der Waals surface area contributed by atoms with Crippen LogP contribution in [0.2, 0.25) is 0 Å². The first kappa shape index (κ1) is 12.0. The molecule has 0 atom stereocenters. The van der Waals surface area contributed by atoms with Gasteiger partial charge in [0.1, 0.15) is 0 Å². The van der Waals surface area contributed by atoms with Gasteiger partial charge in [-0.15, -0.1) is 0 Å². The van der Waals surface area contributed by atoms with Crippen LogP contribution in [0, 0.1) is 0 Å². The molecule has 82 valence electrons. The molecule has 0 spiro atoms. The van der Waals surface area contributed by atoms with Gasteiger partial charge in [0, 0.05) is 17.1 Å². The highest BCUT2D eigenvalue weighted by atomic mass is 79.9. The molecule has 2 N–H and O–H groups in total. The minimum Gasteiger partial charge on any atom is -0.368 e. The SMILES string of the molecule is Nc1ncc(C=CCBr)c(C(F)(F)F)n1. The van der Waals surface area contributed by atoms with Gasteiger partial charge in [0.15, 0.2) is 5.69 Å². The molecule has 0 unspecified atom stereocenters. The molecule has 15 heavy (non-hydrogen) atoms. The second-order valence-electron chi connectivity index (χ2n) is 2.59. The van der Waals surface area contributed by atoms with E-state index in [-0.39, 0.29) is 5.56 Å². The summed E-state index contributed by atoms with van der Waals surface area (Å²) in [7, 11) is 0. The Labute approximate surface area is 92.3 Å². The van der Waals surface area contributed by atoms with Crippen molar-refractivity contribution >= 4 is 28.0 Å². The van der Waals surface area contributed by atoms with Crippen LogP contribution in [0.5, 0.6) is 0 Å². The van der Waals surface area contributed by atoms with Crippen LogP contribution >= 0.6 is 15.9 Å². The van der Waals surface area contributed by atoms with Crippen LogP contribution in [-0.4, -0.2) is 15.3 Å². The maximum atomic E-state index is 12.5. The fraction of sp³-hybridized carbons (Fsp3) is 0.250. The van der Waals surface area contributed by atoms with Crippen LogP contribution in [0.15, 0.2) is 12.3 Å². The lowest BCUT2D eigenvalue weighted by molar-refractivity contribution is -0.141. The molecule has 0 amide bonds. The maximum absolute atomic E-state index is 12.5. The lowest BCUT2D eigenvalue weighted by atomic mass is 10.2. The Morgan fingerprint density at radius 2 is 2.13 bits per heavy atom. The van der Waals surface area contributed by atoms with E-state index in [0.717, 1.165) is 6.20 Å². The van der Waals surface area contributed by atoms with Crippen molar-refractivity contribution in [2.45, 2.75) is 6.18 Å². The molecule has 1 rings (SSSR count). The summed E-state index contributed by atoms with van der Waals surface area (Å²) in [5.74, 6) is -0.390. The smallest absolute Gasteiger partial charge is 0.368 e. The van der Waals surface area contributed by atoms with Gasteiger partial charge in [-0.25, -0.2) is 9.97 Å². The summed E-state index contributed by atoms with van der Waals surface area (Å²) in [4.78, 5) is 6.68. The number of hydrogen-bond acceptors (Lipinski definition) is 3. The van der Waals surface area contributed by atoms with Crippen molar-refractivity contribution in [2.75, 3.05) is 11.1 Å². The summed E-state index contributed by atoms with van der Waals surface area (Å²) in [5, 5.41) is 0.453. The summed E-state index contributed by atoms with van der Waals surface area (Å²) < 4.78 is 37.4. The molecule has 1 heterocycles. The molecule has 0 saturated heterocycles. The number of nitrogens with zero attached hydrogens (tertiary/aromatic N) is 2. The van der Waals surface area contributed by atoms with Crippen LogP contribution < -0.4 is 5.73 Å². The van der Waals surface area contributed by atoms with E-state index in [1.54, 1.807) is 0 Å². The van der Waals surface area contributed by atoms with Gasteiger partial charge in [0.2, 0.25) is 5.95 Å². The molecule has 0 aromatic carbocycles. The Morgan fingerprint density at radius 3 is 2.67 bits per heavy atom. The van der Waals surface area contributed by atoms with Crippen molar-refractivity contribution in [2.24, 2.45) is 0 Å². The van der Waals surface area contributed by atoms with Crippen molar-refractivity contribution in [3.63, 3.8) is 0 Å². The zero-order valence-corrected chi connectivity index (χ0v) is 9.01. The van der Waals surface area contributed by atoms with Crippen molar-refractivity contribution < 1.29 is 13.2 Å². The third-order valence-electron chi connectivity index (χ3n) is 1.49. The molecule has 1 aromatic rings. The Bertz CT molecular complexity index is 376. The Kier molecular flexibility index (Phi) is 3.67. The van der Waals surface area contributed by atoms with E-state index in [1.165, 1.54) is 12.2 Å². The number of nitrogen functional groups attached to an aromatic ring is 1. The molecule has 7 heteroatoms. The number of alkyl halides is 4. The monoisotopic (exact) mass is 281 g/mol. The summed E-state index contributed by atoms with van der Waals surface area (Å²) in [6.45, 7) is 0. The second kappa shape index (κ2) is 4.61. The van der Waals surface area contributed by atoms with Crippen LogP contribution in [0.25, 0.3) is 6.08 Å². The van der Waals surface area contributed by atoms with Crippen LogP contribution in [-0.2, 0) is 6.18 Å². The second-order valence-corrected chi connectivity index (χ2v) is 3.23. The van der Waals surface area contributed by atoms with Gasteiger partial charge in [-0.1, -0.05) is 28.1 Å². The number of hydrogen-bond donors (Lipinski definition) is 1. The Balaban J connectivity index is 3.21. The van der Waals surface area contributed by atoms with Crippen LogP contribution in [0.1, 0.15) is 11.3 Å². The predicted molar refractivity (Wildman–Crippen MR) is 54.3 cm³/mol. The fourth-order valence-corrected chi connectivity index (χ4v) is 1.11. The van der Waals surface area contributed by atoms with Crippen molar-refractivity contribution in [3.8, 4) is 0 Å². The third kappa shape index (κ3) is 3.19. The molecule has 0 radical (unpaired) electrons. The van der Waals surface area contributed by atoms with Crippen molar-refractivity contribution in [1.29, 1.82) is 0 Å². The van der Waals surface area contributed by atoms with E-state index in [4.69, 9.17) is 5.73 Å². The highest BCUT2D eigenvalue weighted by Crippen LogP contribution is 2.30. The minimum absolute atomic E-state index is 0.101. The number of halogens is 4. The largest absolute Gasteiger partial charge is 0.434 e. The van der Waals surface area contributed by atoms with Gasteiger partial charge in [0.25, 0.3) is 0 Å². The van der Waals surface area contributed by atoms with E-state index in [0.29, 0.717) is 5.33 Å². The quantitative estimate of drug-likeness (QED) is 0.848. The van der Waals surface area contributed by atoms with Gasteiger partial charge in [-0.05, 0) is 0 Å². The van der Waals surface area contributed by atoms with Gasteiger partial charge < -0.3 is 5.73 Å². The molecule has 0 aliphatic rings. The standard InChI is InChI=1S/C8H7BrF3N3/c9-3-1-2-5-4-14-7(13)15-6(5)8(10,11)12/h1-2,4H,3H2,(H2,13,14,15). The molecule has 0 saturated carbocycles. The lowest BCUT2D eigenvalue weighted by Gasteiger charge is -2.08. The molecular weight excluding hydrogens is 275 g/mol. The van der Waals surface area contributed by atoms with Crippen molar-refractivity contribution in [1.82, 2.24) is 9.97 Å². The van der Waals surface area contributed by atoms with E-state index < -0.39 is 17.8 Å². The van der Waals surface area contributed by atoms with Gasteiger partial charge in [-0.3, -0.25) is 0 Å². The zero-order chi connectivity index (χ0) is 11.5. The number of aromatic nitrogens is 2. The molecular formula is C8H7BrF3N3. The normalized spacial score (nSPS) is 12.3. The Hall–Kier alpha value is -1.11. The van der Waals surface area contributed by atoms with E-state index >= 15 is 0 Å². The lowest BCUT2D eigenvalue weighted by Crippen LogP contribution is -2.12. The zero-order valence-electron chi connectivity index (χ0n) is 7.42. The van der Waals surface area contributed by atoms with Gasteiger partial charge in [0.05, 0.1) is 0 Å². The van der Waals surface area contributed by atoms with E-state index in [1.807, 2.05) is 0 Å². The number of allylic oxidation sites excluding steroid dienone is 1. The summed E-state index contributed by atoms with van der Waals surface area (Å²) in [5.41, 5.74) is 3.98. The molecule has 0 aliphatic heterocycles.